The minimum absolute atomic E-state index is 0.950. The van der Waals surface area contributed by atoms with Crippen molar-refractivity contribution in [1.82, 2.24) is 0 Å². The van der Waals surface area contributed by atoms with Crippen molar-refractivity contribution in [2.24, 2.45) is 23.7 Å². The molecular weight excluding hydrogens is 290 g/mol. The standard InChI is InChI=1S/C23H37N/c1-2-20-9-11-22(12-10-20)17-18-23-15-13-21(14-16-23)8-6-4-3-5-7-19-24/h3-5,7,20-23H,2,6,8-18H2,1H3. The van der Waals surface area contributed by atoms with Gasteiger partial charge in [-0.05, 0) is 36.5 Å². The normalized spacial score (nSPS) is 31.5. The summed E-state index contributed by atoms with van der Waals surface area (Å²) in [6, 6.07) is 2.02. The van der Waals surface area contributed by atoms with Gasteiger partial charge < -0.3 is 0 Å². The van der Waals surface area contributed by atoms with Crippen LogP contribution in [0.15, 0.2) is 24.3 Å². The number of nitriles is 1. The Morgan fingerprint density at radius 2 is 1.25 bits per heavy atom. The Morgan fingerprint density at radius 3 is 1.75 bits per heavy atom. The Labute approximate surface area is 150 Å². The van der Waals surface area contributed by atoms with E-state index in [0.717, 1.165) is 23.7 Å². The maximum atomic E-state index is 8.43. The zero-order valence-corrected chi connectivity index (χ0v) is 15.8. The molecule has 0 radical (unpaired) electrons. The SMILES string of the molecule is CCC1CCC(CCC2CCC(CCC=CC=CC#N)CC2)CC1. The number of hydrogen-bond donors (Lipinski definition) is 0. The smallest absolute Gasteiger partial charge is 0.0912 e. The van der Waals surface area contributed by atoms with E-state index in [2.05, 4.69) is 13.0 Å². The van der Waals surface area contributed by atoms with E-state index in [-0.39, 0.29) is 0 Å². The van der Waals surface area contributed by atoms with Crippen LogP contribution in [0, 0.1) is 35.0 Å². The predicted molar refractivity (Wildman–Crippen MR) is 104 cm³/mol. The van der Waals surface area contributed by atoms with Gasteiger partial charge in [-0.25, -0.2) is 0 Å². The highest BCUT2D eigenvalue weighted by Crippen LogP contribution is 2.38. The van der Waals surface area contributed by atoms with E-state index in [9.17, 15) is 0 Å². The van der Waals surface area contributed by atoms with Gasteiger partial charge in [-0.15, -0.1) is 0 Å². The van der Waals surface area contributed by atoms with Crippen LogP contribution >= 0.6 is 0 Å². The fraction of sp³-hybridized carbons (Fsp3) is 0.783. The monoisotopic (exact) mass is 327 g/mol. The first-order valence-corrected chi connectivity index (χ1v) is 10.5. The van der Waals surface area contributed by atoms with Crippen LogP contribution in [0.25, 0.3) is 0 Å². The number of nitrogens with zero attached hydrogens (tertiary/aromatic N) is 1. The fourth-order valence-corrected chi connectivity index (χ4v) is 4.81. The Morgan fingerprint density at radius 1 is 0.750 bits per heavy atom. The van der Waals surface area contributed by atoms with Gasteiger partial charge in [0.25, 0.3) is 0 Å². The van der Waals surface area contributed by atoms with E-state index in [1.807, 2.05) is 18.2 Å². The van der Waals surface area contributed by atoms with Crippen molar-refractivity contribution < 1.29 is 0 Å². The van der Waals surface area contributed by atoms with Gasteiger partial charge in [0.2, 0.25) is 0 Å². The lowest BCUT2D eigenvalue weighted by Crippen LogP contribution is -2.18. The molecule has 0 heterocycles. The van der Waals surface area contributed by atoms with Gasteiger partial charge in [-0.2, -0.15) is 5.26 Å². The van der Waals surface area contributed by atoms with Gasteiger partial charge in [0.1, 0.15) is 0 Å². The third-order valence-corrected chi connectivity index (χ3v) is 6.65. The lowest BCUT2D eigenvalue weighted by Gasteiger charge is -2.31. The first-order chi connectivity index (χ1) is 11.8. The first kappa shape index (κ1) is 19.3. The molecule has 0 aliphatic heterocycles. The molecule has 0 N–H and O–H groups in total. The summed E-state index contributed by atoms with van der Waals surface area (Å²) in [6.45, 7) is 2.36. The topological polar surface area (TPSA) is 23.8 Å². The lowest BCUT2D eigenvalue weighted by atomic mass is 9.74. The van der Waals surface area contributed by atoms with E-state index in [0.29, 0.717) is 0 Å². The van der Waals surface area contributed by atoms with Gasteiger partial charge in [0, 0.05) is 6.08 Å². The molecule has 2 rings (SSSR count). The van der Waals surface area contributed by atoms with Crippen molar-refractivity contribution in [3.8, 4) is 6.07 Å². The molecule has 0 atom stereocenters. The molecule has 24 heavy (non-hydrogen) atoms. The second-order valence-electron chi connectivity index (χ2n) is 8.25. The van der Waals surface area contributed by atoms with Crippen LogP contribution in [-0.2, 0) is 0 Å². The first-order valence-electron chi connectivity index (χ1n) is 10.5. The molecular formula is C23H37N. The second-order valence-corrected chi connectivity index (χ2v) is 8.25. The maximum absolute atomic E-state index is 8.43. The van der Waals surface area contributed by atoms with Crippen LogP contribution in [0.1, 0.15) is 90.4 Å². The minimum Gasteiger partial charge on any atom is -0.193 e. The van der Waals surface area contributed by atoms with Crippen LogP contribution in [0.2, 0.25) is 0 Å². The van der Waals surface area contributed by atoms with Crippen molar-refractivity contribution in [3.63, 3.8) is 0 Å². The summed E-state index contributed by atoms with van der Waals surface area (Å²) < 4.78 is 0. The quantitative estimate of drug-likeness (QED) is 0.341. The van der Waals surface area contributed by atoms with Crippen LogP contribution in [0.4, 0.5) is 0 Å². The molecule has 0 aromatic heterocycles. The Kier molecular flexibility index (Phi) is 9.26. The van der Waals surface area contributed by atoms with Gasteiger partial charge in [0.05, 0.1) is 6.07 Å². The van der Waals surface area contributed by atoms with Gasteiger partial charge in [0.15, 0.2) is 0 Å². The molecule has 0 bridgehead atoms. The highest BCUT2D eigenvalue weighted by molar-refractivity contribution is 5.11. The molecule has 1 heteroatoms. The summed E-state index contributed by atoms with van der Waals surface area (Å²) >= 11 is 0. The van der Waals surface area contributed by atoms with Crippen LogP contribution < -0.4 is 0 Å². The van der Waals surface area contributed by atoms with Crippen LogP contribution in [0.3, 0.4) is 0 Å². The van der Waals surface area contributed by atoms with E-state index in [1.165, 1.54) is 89.5 Å². The minimum atomic E-state index is 0.950. The molecule has 2 aliphatic carbocycles. The summed E-state index contributed by atoms with van der Waals surface area (Å²) in [5, 5.41) is 8.43. The molecule has 1 nitrogen and oxygen atoms in total. The molecule has 0 unspecified atom stereocenters. The molecule has 0 spiro atoms. The summed E-state index contributed by atoms with van der Waals surface area (Å²) in [5.74, 6) is 4.07. The van der Waals surface area contributed by atoms with Crippen molar-refractivity contribution >= 4 is 0 Å². The number of allylic oxidation sites excluding steroid dienone is 4. The van der Waals surface area contributed by atoms with Crippen LogP contribution in [-0.4, -0.2) is 0 Å². The fourth-order valence-electron chi connectivity index (χ4n) is 4.81. The zero-order chi connectivity index (χ0) is 17.0. The molecule has 2 saturated carbocycles. The Balaban J connectivity index is 1.52. The Hall–Kier alpha value is -1.03. The van der Waals surface area contributed by atoms with Crippen LogP contribution in [0.5, 0.6) is 0 Å². The predicted octanol–water partition coefficient (Wildman–Crippen LogP) is 7.21. The zero-order valence-electron chi connectivity index (χ0n) is 15.8. The van der Waals surface area contributed by atoms with Gasteiger partial charge >= 0.3 is 0 Å². The third-order valence-electron chi connectivity index (χ3n) is 6.65. The van der Waals surface area contributed by atoms with E-state index < -0.39 is 0 Å². The highest BCUT2D eigenvalue weighted by Gasteiger charge is 2.24. The molecule has 2 aliphatic rings. The largest absolute Gasteiger partial charge is 0.193 e. The summed E-state index contributed by atoms with van der Waals surface area (Å²) in [7, 11) is 0. The second kappa shape index (κ2) is 11.5. The summed E-state index contributed by atoms with van der Waals surface area (Å²) in [4.78, 5) is 0. The van der Waals surface area contributed by atoms with Crippen molar-refractivity contribution in [2.75, 3.05) is 0 Å². The lowest BCUT2D eigenvalue weighted by molar-refractivity contribution is 0.212. The molecule has 0 aromatic rings. The molecule has 134 valence electrons. The maximum Gasteiger partial charge on any atom is 0.0912 e. The number of rotatable bonds is 8. The van der Waals surface area contributed by atoms with Crippen molar-refractivity contribution in [1.29, 1.82) is 5.26 Å². The molecule has 0 saturated heterocycles. The summed E-state index contributed by atoms with van der Waals surface area (Å²) in [5.41, 5.74) is 0. The van der Waals surface area contributed by atoms with E-state index in [1.54, 1.807) is 0 Å². The average Bonchev–Trinajstić information content (AvgIpc) is 2.64. The van der Waals surface area contributed by atoms with E-state index in [4.69, 9.17) is 5.26 Å². The third kappa shape index (κ3) is 7.25. The van der Waals surface area contributed by atoms with Gasteiger partial charge in [-0.1, -0.05) is 95.8 Å². The number of hydrogen-bond acceptors (Lipinski definition) is 1. The Bertz CT molecular complexity index is 412. The average molecular weight is 328 g/mol. The highest BCUT2D eigenvalue weighted by atomic mass is 14.3. The van der Waals surface area contributed by atoms with Gasteiger partial charge in [-0.3, -0.25) is 0 Å². The summed E-state index contributed by atoms with van der Waals surface area (Å²) in [6.07, 6.45) is 26.4. The van der Waals surface area contributed by atoms with Crippen molar-refractivity contribution in [2.45, 2.75) is 90.4 Å². The van der Waals surface area contributed by atoms with E-state index >= 15 is 0 Å². The molecule has 0 amide bonds. The molecule has 2 fully saturated rings. The van der Waals surface area contributed by atoms with Crippen molar-refractivity contribution in [3.05, 3.63) is 24.3 Å². The molecule has 0 aromatic carbocycles.